The van der Waals surface area contributed by atoms with E-state index in [1.54, 1.807) is 38.5 Å². The predicted octanol–water partition coefficient (Wildman–Crippen LogP) is 6.20. The Labute approximate surface area is 115 Å². The van der Waals surface area contributed by atoms with Gasteiger partial charge in [-0.05, 0) is 23.7 Å². The van der Waals surface area contributed by atoms with E-state index < -0.39 is 0 Å². The van der Waals surface area contributed by atoms with Crippen LogP contribution in [0.15, 0.2) is 0 Å². The molecule has 0 heterocycles. The van der Waals surface area contributed by atoms with Crippen LogP contribution in [0, 0.1) is 23.7 Å². The van der Waals surface area contributed by atoms with E-state index in [1.807, 2.05) is 0 Å². The molecule has 0 N–H and O–H groups in total. The number of hydrogen-bond donors (Lipinski definition) is 0. The van der Waals surface area contributed by atoms with Crippen molar-refractivity contribution < 1.29 is 0 Å². The molecule has 2 fully saturated rings. The second-order valence-corrected chi connectivity index (χ2v) is 7.17. The standard InChI is InChI=1S/C18H34/c1-3-15-5-9-17(10-6-15)13-14-18-11-7-16(4-2)8-12-18/h15-18H,3-14H2,1-2H3. The Hall–Kier alpha value is 0. The van der Waals surface area contributed by atoms with Gasteiger partial charge in [0.2, 0.25) is 0 Å². The molecule has 0 nitrogen and oxygen atoms in total. The molecule has 0 aromatic carbocycles. The van der Waals surface area contributed by atoms with Crippen LogP contribution in [0.2, 0.25) is 0 Å². The Balaban J connectivity index is 1.58. The summed E-state index contributed by atoms with van der Waals surface area (Å²) in [5, 5.41) is 0. The molecular weight excluding hydrogens is 216 g/mol. The van der Waals surface area contributed by atoms with Crippen LogP contribution in [0.1, 0.15) is 90.9 Å². The lowest BCUT2D eigenvalue weighted by Crippen LogP contribution is -2.17. The lowest BCUT2D eigenvalue weighted by Gasteiger charge is -2.31. The predicted molar refractivity (Wildman–Crippen MR) is 80.7 cm³/mol. The van der Waals surface area contributed by atoms with E-state index in [4.69, 9.17) is 0 Å². The SMILES string of the molecule is CCC1CCC(CCC2CCC(CC)CC2)CC1. The zero-order valence-electron chi connectivity index (χ0n) is 12.8. The van der Waals surface area contributed by atoms with E-state index in [2.05, 4.69) is 13.8 Å². The van der Waals surface area contributed by atoms with E-state index in [0.717, 1.165) is 23.7 Å². The zero-order chi connectivity index (χ0) is 12.8. The highest BCUT2D eigenvalue weighted by molar-refractivity contribution is 4.76. The van der Waals surface area contributed by atoms with E-state index in [-0.39, 0.29) is 0 Å². The zero-order valence-corrected chi connectivity index (χ0v) is 12.8. The maximum Gasteiger partial charge on any atom is -0.0414 e. The molecule has 0 amide bonds. The van der Waals surface area contributed by atoms with Gasteiger partial charge in [-0.1, -0.05) is 90.9 Å². The fraction of sp³-hybridized carbons (Fsp3) is 1.00. The van der Waals surface area contributed by atoms with Crippen LogP contribution in [-0.2, 0) is 0 Å². The van der Waals surface area contributed by atoms with Crippen molar-refractivity contribution in [1.82, 2.24) is 0 Å². The summed E-state index contributed by atoms with van der Waals surface area (Å²) in [5.41, 5.74) is 0. The van der Waals surface area contributed by atoms with Crippen molar-refractivity contribution in [2.75, 3.05) is 0 Å². The minimum absolute atomic E-state index is 1.07. The Kier molecular flexibility index (Phi) is 6.05. The Morgan fingerprint density at radius 3 is 1.06 bits per heavy atom. The molecule has 0 aliphatic heterocycles. The average molecular weight is 250 g/mol. The monoisotopic (exact) mass is 250 g/mol. The highest BCUT2D eigenvalue weighted by Crippen LogP contribution is 2.37. The summed E-state index contributed by atoms with van der Waals surface area (Å²) in [4.78, 5) is 0. The van der Waals surface area contributed by atoms with Gasteiger partial charge in [0.25, 0.3) is 0 Å². The van der Waals surface area contributed by atoms with Gasteiger partial charge in [0, 0.05) is 0 Å². The summed E-state index contributed by atoms with van der Waals surface area (Å²) < 4.78 is 0. The third-order valence-electron chi connectivity index (χ3n) is 6.07. The Bertz CT molecular complexity index is 180. The first kappa shape index (κ1) is 14.4. The van der Waals surface area contributed by atoms with Gasteiger partial charge in [0.05, 0.1) is 0 Å². The van der Waals surface area contributed by atoms with Crippen molar-refractivity contribution in [3.63, 3.8) is 0 Å². The van der Waals surface area contributed by atoms with E-state index in [1.165, 1.54) is 38.5 Å². The first-order chi connectivity index (χ1) is 8.81. The molecule has 0 spiro atoms. The second kappa shape index (κ2) is 7.56. The van der Waals surface area contributed by atoms with Crippen LogP contribution in [-0.4, -0.2) is 0 Å². The molecule has 0 radical (unpaired) electrons. The van der Waals surface area contributed by atoms with Crippen LogP contribution >= 0.6 is 0 Å². The molecule has 106 valence electrons. The van der Waals surface area contributed by atoms with Crippen molar-refractivity contribution in [2.24, 2.45) is 23.7 Å². The topological polar surface area (TPSA) is 0 Å². The van der Waals surface area contributed by atoms with Gasteiger partial charge in [-0.25, -0.2) is 0 Å². The van der Waals surface area contributed by atoms with Gasteiger partial charge in [-0.3, -0.25) is 0 Å². The summed E-state index contributed by atoms with van der Waals surface area (Å²) in [6.45, 7) is 4.74. The van der Waals surface area contributed by atoms with Gasteiger partial charge >= 0.3 is 0 Å². The third-order valence-corrected chi connectivity index (χ3v) is 6.07. The lowest BCUT2D eigenvalue weighted by atomic mass is 9.75. The summed E-state index contributed by atoms with van der Waals surface area (Å²) in [5.74, 6) is 4.33. The molecule has 0 heteroatoms. The van der Waals surface area contributed by atoms with Crippen LogP contribution in [0.3, 0.4) is 0 Å². The van der Waals surface area contributed by atoms with Crippen molar-refractivity contribution in [2.45, 2.75) is 90.9 Å². The molecular formula is C18H34. The highest BCUT2D eigenvalue weighted by Gasteiger charge is 2.23. The molecule has 2 saturated carbocycles. The quantitative estimate of drug-likeness (QED) is 0.545. The van der Waals surface area contributed by atoms with Gasteiger partial charge in [0.15, 0.2) is 0 Å². The number of hydrogen-bond acceptors (Lipinski definition) is 0. The molecule has 0 atom stereocenters. The molecule has 0 bridgehead atoms. The summed E-state index contributed by atoms with van der Waals surface area (Å²) in [7, 11) is 0. The largest absolute Gasteiger partial charge is 0.0651 e. The second-order valence-electron chi connectivity index (χ2n) is 7.17. The Morgan fingerprint density at radius 2 is 0.778 bits per heavy atom. The summed E-state index contributed by atoms with van der Waals surface area (Å²) in [6.07, 6.45) is 18.3. The maximum atomic E-state index is 2.37. The first-order valence-electron chi connectivity index (χ1n) is 8.81. The van der Waals surface area contributed by atoms with Crippen LogP contribution in [0.4, 0.5) is 0 Å². The Morgan fingerprint density at radius 1 is 0.500 bits per heavy atom. The van der Waals surface area contributed by atoms with Gasteiger partial charge in [-0.15, -0.1) is 0 Å². The van der Waals surface area contributed by atoms with Crippen molar-refractivity contribution >= 4 is 0 Å². The van der Waals surface area contributed by atoms with Crippen LogP contribution in [0.25, 0.3) is 0 Å². The van der Waals surface area contributed by atoms with Gasteiger partial charge < -0.3 is 0 Å². The highest BCUT2D eigenvalue weighted by atomic mass is 14.3. The fourth-order valence-electron chi connectivity index (χ4n) is 4.33. The molecule has 2 aliphatic rings. The van der Waals surface area contributed by atoms with E-state index >= 15 is 0 Å². The van der Waals surface area contributed by atoms with E-state index in [9.17, 15) is 0 Å². The van der Waals surface area contributed by atoms with Crippen molar-refractivity contribution in [3.05, 3.63) is 0 Å². The third kappa shape index (κ3) is 4.28. The lowest BCUT2D eigenvalue weighted by molar-refractivity contribution is 0.213. The normalized spacial score (nSPS) is 37.7. The molecule has 2 aliphatic carbocycles. The van der Waals surface area contributed by atoms with E-state index in [0.29, 0.717) is 0 Å². The van der Waals surface area contributed by atoms with Crippen molar-refractivity contribution in [3.8, 4) is 0 Å². The molecule has 0 aromatic heterocycles. The van der Waals surface area contributed by atoms with Gasteiger partial charge in [-0.2, -0.15) is 0 Å². The summed E-state index contributed by atoms with van der Waals surface area (Å²) in [6, 6.07) is 0. The molecule has 0 unspecified atom stereocenters. The smallest absolute Gasteiger partial charge is 0.0414 e. The molecule has 0 aromatic rings. The maximum absolute atomic E-state index is 2.37. The molecule has 2 rings (SSSR count). The first-order valence-corrected chi connectivity index (χ1v) is 8.81. The van der Waals surface area contributed by atoms with Crippen LogP contribution in [0.5, 0.6) is 0 Å². The number of rotatable bonds is 5. The summed E-state index contributed by atoms with van der Waals surface area (Å²) >= 11 is 0. The fourth-order valence-corrected chi connectivity index (χ4v) is 4.33. The van der Waals surface area contributed by atoms with Crippen molar-refractivity contribution in [1.29, 1.82) is 0 Å². The minimum Gasteiger partial charge on any atom is -0.0651 e. The average Bonchev–Trinajstić information content (AvgIpc) is 2.46. The molecule has 18 heavy (non-hydrogen) atoms. The minimum atomic E-state index is 1.07. The molecule has 0 saturated heterocycles. The van der Waals surface area contributed by atoms with Crippen LogP contribution < -0.4 is 0 Å². The van der Waals surface area contributed by atoms with Gasteiger partial charge in [0.1, 0.15) is 0 Å².